The van der Waals surface area contributed by atoms with E-state index in [1.807, 2.05) is 6.08 Å². The minimum absolute atomic E-state index is 0.0242. The smallest absolute Gasteiger partial charge is 0.155 e. The largest absolute Gasteiger partial charge is 0.393 e. The Morgan fingerprint density at radius 3 is 2.62 bits per heavy atom. The summed E-state index contributed by atoms with van der Waals surface area (Å²) in [6.07, 6.45) is 8.06. The zero-order chi connectivity index (χ0) is 17.3. The molecule has 24 heavy (non-hydrogen) atoms. The first kappa shape index (κ1) is 16.5. The molecule has 1 unspecified atom stereocenters. The molecular weight excluding hydrogens is 300 g/mol. The van der Waals surface area contributed by atoms with Gasteiger partial charge in [-0.1, -0.05) is 19.4 Å². The average molecular weight is 330 g/mol. The van der Waals surface area contributed by atoms with Crippen LogP contribution in [0.4, 0.5) is 0 Å². The summed E-state index contributed by atoms with van der Waals surface area (Å²) in [5.74, 6) is 2.07. The lowest BCUT2D eigenvalue weighted by Gasteiger charge is -2.59. The number of ketones is 2. The van der Waals surface area contributed by atoms with Gasteiger partial charge in [0, 0.05) is 17.8 Å². The summed E-state index contributed by atoms with van der Waals surface area (Å²) in [6, 6.07) is 0. The monoisotopic (exact) mass is 330 g/mol. The zero-order valence-corrected chi connectivity index (χ0v) is 15.2. The van der Waals surface area contributed by atoms with Gasteiger partial charge < -0.3 is 5.11 Å². The normalized spacial score (nSPS) is 50.6. The van der Waals surface area contributed by atoms with Gasteiger partial charge in [0.2, 0.25) is 0 Å². The molecule has 0 heterocycles. The number of allylic oxidation sites excluding steroid dienone is 1. The molecule has 0 spiro atoms. The standard InChI is InChI=1S/C21H30O3/c1-12(22)16-6-7-17-15-5-4-13-10-14(23)8-9-20(13,2)18(15)11-19(24)21(16,17)3/h10,15-19,24H,4-9,11H2,1-3H3/t15-,16?,17-,18-,19+,20-,21+/m0/s1. The van der Waals surface area contributed by atoms with E-state index in [1.54, 1.807) is 6.92 Å². The van der Waals surface area contributed by atoms with Crippen LogP contribution in [0.1, 0.15) is 65.7 Å². The van der Waals surface area contributed by atoms with Crippen LogP contribution in [0.5, 0.6) is 0 Å². The fourth-order valence-corrected chi connectivity index (χ4v) is 7.19. The van der Waals surface area contributed by atoms with E-state index >= 15 is 0 Å². The second-order valence-electron chi connectivity index (χ2n) is 9.33. The molecule has 132 valence electrons. The van der Waals surface area contributed by atoms with E-state index in [4.69, 9.17) is 0 Å². The average Bonchev–Trinajstić information content (AvgIpc) is 2.88. The van der Waals surface area contributed by atoms with Gasteiger partial charge in [0.25, 0.3) is 0 Å². The van der Waals surface area contributed by atoms with Crippen LogP contribution in [-0.2, 0) is 9.59 Å². The van der Waals surface area contributed by atoms with Crippen LogP contribution in [0.3, 0.4) is 0 Å². The number of hydrogen-bond acceptors (Lipinski definition) is 3. The zero-order valence-electron chi connectivity index (χ0n) is 15.2. The van der Waals surface area contributed by atoms with E-state index in [2.05, 4.69) is 13.8 Å². The molecule has 0 bridgehead atoms. The third-order valence-corrected chi connectivity index (χ3v) is 8.56. The topological polar surface area (TPSA) is 54.4 Å². The van der Waals surface area contributed by atoms with Crippen molar-refractivity contribution >= 4 is 11.6 Å². The number of fused-ring (bicyclic) bond motifs is 5. The maximum absolute atomic E-state index is 12.2. The Morgan fingerprint density at radius 2 is 1.92 bits per heavy atom. The molecule has 3 heteroatoms. The SMILES string of the molecule is CC(=O)C1CC[C@H]2[C@@H]3CCC4=CC(=O)CC[C@]4(C)[C@H]3C[C@@H](O)[C@]12C. The molecule has 0 radical (unpaired) electrons. The van der Waals surface area contributed by atoms with Crippen molar-refractivity contribution in [2.24, 2.45) is 34.5 Å². The highest BCUT2D eigenvalue weighted by molar-refractivity contribution is 5.91. The first-order valence-corrected chi connectivity index (χ1v) is 9.71. The number of aliphatic hydroxyl groups is 1. The number of Topliss-reactive ketones (excluding diaryl/α,β-unsaturated/α-hetero) is 1. The number of aliphatic hydroxyl groups excluding tert-OH is 1. The molecule has 4 aliphatic rings. The first-order valence-electron chi connectivity index (χ1n) is 9.71. The van der Waals surface area contributed by atoms with Crippen molar-refractivity contribution in [1.29, 1.82) is 0 Å². The van der Waals surface area contributed by atoms with Crippen molar-refractivity contribution in [3.63, 3.8) is 0 Å². The lowest BCUT2D eigenvalue weighted by atomic mass is 9.46. The molecule has 0 aromatic heterocycles. The van der Waals surface area contributed by atoms with Gasteiger partial charge in [-0.3, -0.25) is 9.59 Å². The van der Waals surface area contributed by atoms with Gasteiger partial charge in [0.05, 0.1) is 6.10 Å². The molecule has 3 saturated carbocycles. The molecule has 0 aromatic carbocycles. The Labute approximate surface area is 144 Å². The number of carbonyl (C=O) groups is 2. The van der Waals surface area contributed by atoms with E-state index in [0.29, 0.717) is 24.2 Å². The fourth-order valence-electron chi connectivity index (χ4n) is 7.19. The molecule has 1 N–H and O–H groups in total. The van der Waals surface area contributed by atoms with Crippen molar-refractivity contribution in [3.05, 3.63) is 11.6 Å². The number of hydrogen-bond donors (Lipinski definition) is 1. The van der Waals surface area contributed by atoms with Crippen LogP contribution in [0.15, 0.2) is 11.6 Å². The summed E-state index contributed by atoms with van der Waals surface area (Å²) < 4.78 is 0. The summed E-state index contributed by atoms with van der Waals surface area (Å²) in [4.78, 5) is 24.1. The highest BCUT2D eigenvalue weighted by Gasteiger charge is 2.63. The Kier molecular flexibility index (Phi) is 3.62. The lowest BCUT2D eigenvalue weighted by molar-refractivity contribution is -0.149. The van der Waals surface area contributed by atoms with Crippen LogP contribution in [0.25, 0.3) is 0 Å². The molecule has 3 nitrogen and oxygen atoms in total. The predicted octanol–water partition coefficient (Wildman–Crippen LogP) is 3.69. The maximum atomic E-state index is 12.2. The quantitative estimate of drug-likeness (QED) is 0.797. The Hall–Kier alpha value is -0.960. The Morgan fingerprint density at radius 1 is 1.17 bits per heavy atom. The van der Waals surface area contributed by atoms with Gasteiger partial charge in [-0.15, -0.1) is 0 Å². The van der Waals surface area contributed by atoms with Crippen LogP contribution in [0, 0.1) is 34.5 Å². The molecule has 4 aliphatic carbocycles. The van der Waals surface area contributed by atoms with Crippen LogP contribution < -0.4 is 0 Å². The van der Waals surface area contributed by atoms with Gasteiger partial charge >= 0.3 is 0 Å². The third kappa shape index (κ3) is 2.00. The molecule has 0 saturated heterocycles. The van der Waals surface area contributed by atoms with Gasteiger partial charge in [-0.25, -0.2) is 0 Å². The van der Waals surface area contributed by atoms with E-state index in [-0.39, 0.29) is 28.3 Å². The van der Waals surface area contributed by atoms with Crippen LogP contribution >= 0.6 is 0 Å². The van der Waals surface area contributed by atoms with Crippen molar-refractivity contribution in [3.8, 4) is 0 Å². The molecule has 3 fully saturated rings. The molecular formula is C21H30O3. The van der Waals surface area contributed by atoms with E-state index in [0.717, 1.165) is 38.5 Å². The Balaban J connectivity index is 1.72. The number of carbonyl (C=O) groups excluding carboxylic acids is 2. The highest BCUT2D eigenvalue weighted by atomic mass is 16.3. The first-order chi connectivity index (χ1) is 11.3. The van der Waals surface area contributed by atoms with Crippen molar-refractivity contribution in [2.45, 2.75) is 71.8 Å². The molecule has 7 atom stereocenters. The van der Waals surface area contributed by atoms with Crippen molar-refractivity contribution in [2.75, 3.05) is 0 Å². The van der Waals surface area contributed by atoms with Gasteiger partial charge in [-0.05, 0) is 74.7 Å². The van der Waals surface area contributed by atoms with E-state index < -0.39 is 6.10 Å². The Bertz CT molecular complexity index is 621. The summed E-state index contributed by atoms with van der Waals surface area (Å²) in [5, 5.41) is 11.1. The highest BCUT2D eigenvalue weighted by Crippen LogP contribution is 2.66. The third-order valence-electron chi connectivity index (χ3n) is 8.56. The summed E-state index contributed by atoms with van der Waals surface area (Å²) in [7, 11) is 0. The summed E-state index contributed by atoms with van der Waals surface area (Å²) in [6.45, 7) is 6.21. The van der Waals surface area contributed by atoms with Crippen LogP contribution in [0.2, 0.25) is 0 Å². The van der Waals surface area contributed by atoms with Gasteiger partial charge in [0.15, 0.2) is 5.78 Å². The fraction of sp³-hybridized carbons (Fsp3) is 0.810. The second kappa shape index (κ2) is 5.27. The molecule has 0 aliphatic heterocycles. The summed E-state index contributed by atoms with van der Waals surface area (Å²) >= 11 is 0. The second-order valence-corrected chi connectivity index (χ2v) is 9.33. The lowest BCUT2D eigenvalue weighted by Crippen LogP contribution is -2.57. The molecule has 0 amide bonds. The molecule has 0 aromatic rings. The maximum Gasteiger partial charge on any atom is 0.155 e. The summed E-state index contributed by atoms with van der Waals surface area (Å²) in [5.41, 5.74) is 1.17. The van der Waals surface area contributed by atoms with Crippen molar-refractivity contribution in [1.82, 2.24) is 0 Å². The van der Waals surface area contributed by atoms with E-state index in [9.17, 15) is 14.7 Å². The number of rotatable bonds is 1. The molecule has 4 rings (SSSR count). The van der Waals surface area contributed by atoms with Crippen LogP contribution in [-0.4, -0.2) is 22.8 Å². The van der Waals surface area contributed by atoms with Crippen molar-refractivity contribution < 1.29 is 14.7 Å². The van der Waals surface area contributed by atoms with E-state index in [1.165, 1.54) is 5.57 Å². The minimum atomic E-state index is -0.394. The predicted molar refractivity (Wildman–Crippen MR) is 92.3 cm³/mol. The van der Waals surface area contributed by atoms with Gasteiger partial charge in [0.1, 0.15) is 5.78 Å². The van der Waals surface area contributed by atoms with Gasteiger partial charge in [-0.2, -0.15) is 0 Å². The minimum Gasteiger partial charge on any atom is -0.393 e.